The molecule has 5 heteroatoms. The Morgan fingerprint density at radius 3 is 2.76 bits per heavy atom. The molecule has 0 aliphatic carbocycles. The molecular formula is C16H22BrClN2O. The van der Waals surface area contributed by atoms with Crippen LogP contribution >= 0.6 is 27.5 Å². The van der Waals surface area contributed by atoms with Crippen LogP contribution < -0.4 is 5.32 Å². The zero-order chi connectivity index (χ0) is 15.2. The molecular weight excluding hydrogens is 352 g/mol. The highest BCUT2D eigenvalue weighted by molar-refractivity contribution is 9.10. The Hall–Kier alpha value is -0.580. The second kappa shape index (κ2) is 8.16. The van der Waals surface area contributed by atoms with Crippen LogP contribution in [0.2, 0.25) is 5.02 Å². The third kappa shape index (κ3) is 4.70. The summed E-state index contributed by atoms with van der Waals surface area (Å²) in [5.74, 6) is 0.692. The summed E-state index contributed by atoms with van der Waals surface area (Å²) in [6, 6.07) is 5.42. The molecule has 1 N–H and O–H groups in total. The lowest BCUT2D eigenvalue weighted by Crippen LogP contribution is -2.39. The average molecular weight is 374 g/mol. The molecule has 0 aromatic heterocycles. The lowest BCUT2D eigenvalue weighted by molar-refractivity contribution is 0.0716. The lowest BCUT2D eigenvalue weighted by atomic mass is 9.97. The summed E-state index contributed by atoms with van der Waals surface area (Å²) in [4.78, 5) is 14.7. The van der Waals surface area contributed by atoms with Crippen LogP contribution in [0.3, 0.4) is 0 Å². The fourth-order valence-corrected chi connectivity index (χ4v) is 3.16. The van der Waals surface area contributed by atoms with E-state index in [1.54, 1.807) is 6.07 Å². The molecule has 0 spiro atoms. The molecule has 1 amide bonds. The van der Waals surface area contributed by atoms with Gasteiger partial charge in [0.25, 0.3) is 5.91 Å². The number of hydrogen-bond acceptors (Lipinski definition) is 2. The Morgan fingerprint density at radius 2 is 2.14 bits per heavy atom. The highest BCUT2D eigenvalue weighted by Crippen LogP contribution is 2.24. The number of benzene rings is 1. The van der Waals surface area contributed by atoms with Gasteiger partial charge in [0, 0.05) is 23.1 Å². The van der Waals surface area contributed by atoms with Gasteiger partial charge in [-0.25, -0.2) is 0 Å². The van der Waals surface area contributed by atoms with E-state index in [9.17, 15) is 4.79 Å². The Labute approximate surface area is 140 Å². The Balaban J connectivity index is 2.08. The maximum atomic E-state index is 12.7. The fourth-order valence-electron chi connectivity index (χ4n) is 2.73. The van der Waals surface area contributed by atoms with Crippen LogP contribution in [0.4, 0.5) is 0 Å². The van der Waals surface area contributed by atoms with Gasteiger partial charge in [-0.05, 0) is 72.4 Å². The van der Waals surface area contributed by atoms with Crippen molar-refractivity contribution in [3.8, 4) is 0 Å². The predicted octanol–water partition coefficient (Wildman–Crippen LogP) is 3.95. The quantitative estimate of drug-likeness (QED) is 0.847. The van der Waals surface area contributed by atoms with Gasteiger partial charge in [0.1, 0.15) is 0 Å². The average Bonchev–Trinajstić information content (AvgIpc) is 2.50. The summed E-state index contributed by atoms with van der Waals surface area (Å²) in [5, 5.41) is 3.95. The van der Waals surface area contributed by atoms with E-state index in [0.717, 1.165) is 49.9 Å². The van der Waals surface area contributed by atoms with Crippen molar-refractivity contribution in [2.24, 2.45) is 5.92 Å². The predicted molar refractivity (Wildman–Crippen MR) is 90.9 cm³/mol. The Morgan fingerprint density at radius 1 is 1.43 bits per heavy atom. The van der Waals surface area contributed by atoms with E-state index < -0.39 is 0 Å². The van der Waals surface area contributed by atoms with E-state index in [1.807, 2.05) is 17.0 Å². The first-order valence-corrected chi connectivity index (χ1v) is 8.74. The van der Waals surface area contributed by atoms with Crippen LogP contribution in [-0.4, -0.2) is 37.0 Å². The fraction of sp³-hybridized carbons (Fsp3) is 0.562. The van der Waals surface area contributed by atoms with Gasteiger partial charge < -0.3 is 10.2 Å². The van der Waals surface area contributed by atoms with Gasteiger partial charge in [0.05, 0.1) is 5.02 Å². The number of rotatable bonds is 5. The van der Waals surface area contributed by atoms with Gasteiger partial charge in [-0.3, -0.25) is 4.79 Å². The van der Waals surface area contributed by atoms with Crippen molar-refractivity contribution in [3.63, 3.8) is 0 Å². The normalized spacial score (nSPS) is 16.0. The first kappa shape index (κ1) is 16.8. The van der Waals surface area contributed by atoms with E-state index in [1.165, 1.54) is 0 Å². The molecule has 1 fully saturated rings. The maximum absolute atomic E-state index is 12.7. The molecule has 0 atom stereocenters. The van der Waals surface area contributed by atoms with Gasteiger partial charge in [0.2, 0.25) is 0 Å². The molecule has 116 valence electrons. The van der Waals surface area contributed by atoms with Crippen molar-refractivity contribution in [2.45, 2.75) is 26.2 Å². The number of carbonyl (C=O) groups excluding carboxylic acids is 1. The minimum atomic E-state index is 0.0878. The highest BCUT2D eigenvalue weighted by Gasteiger charge is 2.21. The minimum Gasteiger partial charge on any atom is -0.338 e. The molecule has 21 heavy (non-hydrogen) atoms. The number of amides is 1. The molecule has 0 radical (unpaired) electrons. The molecule has 1 aromatic rings. The topological polar surface area (TPSA) is 32.3 Å². The first-order chi connectivity index (χ1) is 10.1. The number of halogens is 2. The number of carbonyl (C=O) groups is 1. The molecule has 1 aliphatic rings. The number of nitrogens with one attached hydrogen (secondary N) is 1. The minimum absolute atomic E-state index is 0.0878. The number of hydrogen-bond donors (Lipinski definition) is 1. The van der Waals surface area contributed by atoms with Gasteiger partial charge in [0.15, 0.2) is 0 Å². The van der Waals surface area contributed by atoms with Crippen LogP contribution in [0.1, 0.15) is 36.5 Å². The van der Waals surface area contributed by atoms with E-state index in [0.29, 0.717) is 16.5 Å². The van der Waals surface area contributed by atoms with Gasteiger partial charge in [-0.15, -0.1) is 0 Å². The second-order valence-electron chi connectivity index (χ2n) is 5.57. The summed E-state index contributed by atoms with van der Waals surface area (Å²) in [5.41, 5.74) is 0.672. The van der Waals surface area contributed by atoms with Crippen LogP contribution in [-0.2, 0) is 0 Å². The molecule has 0 saturated carbocycles. The SMILES string of the molecule is CCCN(CC1CCNCC1)C(=O)c1ccc(Br)c(Cl)c1. The summed E-state index contributed by atoms with van der Waals surface area (Å²) in [6.07, 6.45) is 3.27. The third-order valence-electron chi connectivity index (χ3n) is 3.88. The molecule has 3 nitrogen and oxygen atoms in total. The maximum Gasteiger partial charge on any atom is 0.253 e. The standard InChI is InChI=1S/C16H22BrClN2O/c1-2-9-20(11-12-5-7-19-8-6-12)16(21)13-3-4-14(17)15(18)10-13/h3-4,10,12,19H,2,5-9,11H2,1H3. The van der Waals surface area contributed by atoms with Crippen molar-refractivity contribution in [1.29, 1.82) is 0 Å². The van der Waals surface area contributed by atoms with E-state index >= 15 is 0 Å². The summed E-state index contributed by atoms with van der Waals surface area (Å²) in [6.45, 7) is 5.88. The van der Waals surface area contributed by atoms with E-state index in [4.69, 9.17) is 11.6 Å². The molecule has 1 heterocycles. The van der Waals surface area contributed by atoms with Crippen molar-refractivity contribution in [3.05, 3.63) is 33.3 Å². The number of piperidine rings is 1. The summed E-state index contributed by atoms with van der Waals surface area (Å²) in [7, 11) is 0. The van der Waals surface area contributed by atoms with Gasteiger partial charge >= 0.3 is 0 Å². The van der Waals surface area contributed by atoms with Crippen molar-refractivity contribution in [2.75, 3.05) is 26.2 Å². The van der Waals surface area contributed by atoms with Crippen LogP contribution in [0, 0.1) is 5.92 Å². The van der Waals surface area contributed by atoms with Crippen LogP contribution in [0.15, 0.2) is 22.7 Å². The van der Waals surface area contributed by atoms with Gasteiger partial charge in [-0.2, -0.15) is 0 Å². The zero-order valence-corrected chi connectivity index (χ0v) is 14.7. The molecule has 0 unspecified atom stereocenters. The summed E-state index contributed by atoms with van der Waals surface area (Å²) >= 11 is 9.47. The molecule has 1 aromatic carbocycles. The van der Waals surface area contributed by atoms with Crippen molar-refractivity contribution < 1.29 is 4.79 Å². The monoisotopic (exact) mass is 372 g/mol. The Bertz CT molecular complexity index is 489. The van der Waals surface area contributed by atoms with Crippen LogP contribution in [0.25, 0.3) is 0 Å². The second-order valence-corrected chi connectivity index (χ2v) is 6.83. The van der Waals surface area contributed by atoms with Crippen LogP contribution in [0.5, 0.6) is 0 Å². The molecule has 2 rings (SSSR count). The van der Waals surface area contributed by atoms with E-state index in [2.05, 4.69) is 28.2 Å². The molecule has 1 saturated heterocycles. The highest BCUT2D eigenvalue weighted by atomic mass is 79.9. The first-order valence-electron chi connectivity index (χ1n) is 7.57. The van der Waals surface area contributed by atoms with E-state index in [-0.39, 0.29) is 5.91 Å². The van der Waals surface area contributed by atoms with Crippen molar-refractivity contribution in [1.82, 2.24) is 10.2 Å². The Kier molecular flexibility index (Phi) is 6.52. The third-order valence-corrected chi connectivity index (χ3v) is 5.12. The van der Waals surface area contributed by atoms with Gasteiger partial charge in [-0.1, -0.05) is 18.5 Å². The van der Waals surface area contributed by atoms with Crippen molar-refractivity contribution >= 4 is 33.4 Å². The number of nitrogens with zero attached hydrogens (tertiary/aromatic N) is 1. The molecule has 1 aliphatic heterocycles. The largest absolute Gasteiger partial charge is 0.338 e. The molecule has 0 bridgehead atoms. The lowest BCUT2D eigenvalue weighted by Gasteiger charge is -2.30. The summed E-state index contributed by atoms with van der Waals surface area (Å²) < 4.78 is 0.820. The smallest absolute Gasteiger partial charge is 0.253 e. The zero-order valence-electron chi connectivity index (χ0n) is 12.4.